The number of amides is 1. The van der Waals surface area contributed by atoms with Crippen LogP contribution in [0.2, 0.25) is 0 Å². The standard InChI is InChI=1S/C23H25NO6/c1-14-12-17(30-4)8-9-18(14)21(25)19-20(15-6-5-7-16(13-15)29-3)24(10-11-28-2)23(27)22(19)26/h5-9,12-13,20,25H,10-11H2,1-4H3/b21-19-. The van der Waals surface area contributed by atoms with E-state index in [9.17, 15) is 14.7 Å². The van der Waals surface area contributed by atoms with E-state index in [0.717, 1.165) is 5.56 Å². The number of aliphatic hydroxyl groups is 1. The van der Waals surface area contributed by atoms with Crippen LogP contribution in [-0.4, -0.2) is 56.2 Å². The zero-order valence-corrected chi connectivity index (χ0v) is 17.5. The molecule has 1 aliphatic rings. The van der Waals surface area contributed by atoms with E-state index in [-0.39, 0.29) is 24.5 Å². The maximum atomic E-state index is 13.0. The van der Waals surface area contributed by atoms with Crippen LogP contribution in [0.5, 0.6) is 11.5 Å². The molecule has 1 aliphatic heterocycles. The van der Waals surface area contributed by atoms with Crippen LogP contribution in [0.25, 0.3) is 5.76 Å². The van der Waals surface area contributed by atoms with E-state index in [2.05, 4.69) is 0 Å². The number of methoxy groups -OCH3 is 3. The summed E-state index contributed by atoms with van der Waals surface area (Å²) in [4.78, 5) is 27.2. The van der Waals surface area contributed by atoms with Crippen molar-refractivity contribution in [1.29, 1.82) is 0 Å². The molecule has 0 aliphatic carbocycles. The minimum absolute atomic E-state index is 0.0395. The molecule has 2 aromatic carbocycles. The highest BCUT2D eigenvalue weighted by Crippen LogP contribution is 2.40. The Bertz CT molecular complexity index is 997. The van der Waals surface area contributed by atoms with Crippen molar-refractivity contribution in [2.75, 3.05) is 34.5 Å². The largest absolute Gasteiger partial charge is 0.507 e. The van der Waals surface area contributed by atoms with Gasteiger partial charge in [0.15, 0.2) is 0 Å². The third kappa shape index (κ3) is 3.89. The van der Waals surface area contributed by atoms with Gasteiger partial charge in [-0.1, -0.05) is 12.1 Å². The predicted molar refractivity (Wildman–Crippen MR) is 112 cm³/mol. The molecule has 1 fully saturated rings. The van der Waals surface area contributed by atoms with Gasteiger partial charge >= 0.3 is 0 Å². The molecule has 1 N–H and O–H groups in total. The zero-order valence-electron chi connectivity index (χ0n) is 17.5. The van der Waals surface area contributed by atoms with Gasteiger partial charge in [-0.3, -0.25) is 9.59 Å². The Labute approximate surface area is 175 Å². The molecule has 1 unspecified atom stereocenters. The Kier molecular flexibility index (Phi) is 6.42. The second-order valence-corrected chi connectivity index (χ2v) is 6.94. The minimum atomic E-state index is -0.753. The summed E-state index contributed by atoms with van der Waals surface area (Å²) in [7, 11) is 4.62. The molecule has 2 aromatic rings. The van der Waals surface area contributed by atoms with Gasteiger partial charge in [0.1, 0.15) is 17.3 Å². The lowest BCUT2D eigenvalue weighted by molar-refractivity contribution is -0.140. The number of carbonyl (C=O) groups excluding carboxylic acids is 2. The van der Waals surface area contributed by atoms with Crippen LogP contribution in [-0.2, 0) is 14.3 Å². The number of ether oxygens (including phenoxy) is 3. The number of hydrogen-bond donors (Lipinski definition) is 1. The number of benzene rings is 2. The van der Waals surface area contributed by atoms with E-state index in [0.29, 0.717) is 22.6 Å². The van der Waals surface area contributed by atoms with Crippen molar-refractivity contribution in [2.45, 2.75) is 13.0 Å². The summed E-state index contributed by atoms with van der Waals surface area (Å²) in [5, 5.41) is 11.1. The van der Waals surface area contributed by atoms with E-state index in [1.807, 2.05) is 0 Å². The van der Waals surface area contributed by atoms with Crippen molar-refractivity contribution in [2.24, 2.45) is 0 Å². The van der Waals surface area contributed by atoms with Crippen LogP contribution >= 0.6 is 0 Å². The molecule has 3 rings (SSSR count). The molecule has 158 valence electrons. The summed E-state index contributed by atoms with van der Waals surface area (Å²) >= 11 is 0. The van der Waals surface area contributed by atoms with Gasteiger partial charge < -0.3 is 24.2 Å². The lowest BCUT2D eigenvalue weighted by Gasteiger charge is -2.25. The second-order valence-electron chi connectivity index (χ2n) is 6.94. The summed E-state index contributed by atoms with van der Waals surface area (Å²) < 4.78 is 15.6. The van der Waals surface area contributed by atoms with Crippen molar-refractivity contribution < 1.29 is 28.9 Å². The number of Topliss-reactive ketones (excluding diaryl/α,β-unsaturated/α-hetero) is 1. The molecule has 1 saturated heterocycles. The van der Waals surface area contributed by atoms with Gasteiger partial charge in [0.25, 0.3) is 11.7 Å². The lowest BCUT2D eigenvalue weighted by atomic mass is 9.93. The van der Waals surface area contributed by atoms with Gasteiger partial charge in [-0.05, 0) is 48.4 Å². The molecule has 0 spiro atoms. The fourth-order valence-electron chi connectivity index (χ4n) is 3.63. The molecule has 1 atom stereocenters. The van der Waals surface area contributed by atoms with Gasteiger partial charge in [0.05, 0.1) is 32.4 Å². The third-order valence-electron chi connectivity index (χ3n) is 5.17. The molecular formula is C23H25NO6. The van der Waals surface area contributed by atoms with E-state index in [1.54, 1.807) is 63.6 Å². The SMILES string of the molecule is COCCN1C(=O)C(=O)/C(=C(\O)c2ccc(OC)cc2C)C1c1cccc(OC)c1. The molecule has 1 heterocycles. The number of carbonyl (C=O) groups is 2. The maximum absolute atomic E-state index is 13.0. The molecule has 7 heteroatoms. The molecule has 7 nitrogen and oxygen atoms in total. The Hall–Kier alpha value is -3.32. The normalized spacial score (nSPS) is 18.0. The van der Waals surface area contributed by atoms with Gasteiger partial charge in [0, 0.05) is 19.2 Å². The first-order valence-electron chi connectivity index (χ1n) is 9.49. The summed E-state index contributed by atoms with van der Waals surface area (Å²) in [6.45, 7) is 2.27. The highest BCUT2D eigenvalue weighted by molar-refractivity contribution is 6.46. The molecular weight excluding hydrogens is 386 g/mol. The first-order valence-corrected chi connectivity index (χ1v) is 9.49. The molecule has 30 heavy (non-hydrogen) atoms. The first kappa shape index (κ1) is 21.4. The third-order valence-corrected chi connectivity index (χ3v) is 5.17. The highest BCUT2D eigenvalue weighted by Gasteiger charge is 2.46. The molecule has 0 saturated carbocycles. The Morgan fingerprint density at radius 2 is 1.73 bits per heavy atom. The molecule has 0 aromatic heterocycles. The van der Waals surface area contributed by atoms with Crippen LogP contribution in [0.3, 0.4) is 0 Å². The number of aliphatic hydroxyl groups excluding tert-OH is 1. The van der Waals surface area contributed by atoms with Gasteiger partial charge in [-0.25, -0.2) is 0 Å². The monoisotopic (exact) mass is 411 g/mol. The highest BCUT2D eigenvalue weighted by atomic mass is 16.5. The maximum Gasteiger partial charge on any atom is 0.295 e. The minimum Gasteiger partial charge on any atom is -0.507 e. The van der Waals surface area contributed by atoms with Gasteiger partial charge in [0.2, 0.25) is 0 Å². The van der Waals surface area contributed by atoms with Crippen molar-refractivity contribution in [3.05, 3.63) is 64.7 Å². The molecule has 0 bridgehead atoms. The quantitative estimate of drug-likeness (QED) is 0.428. The number of nitrogens with zero attached hydrogens (tertiary/aromatic N) is 1. The van der Waals surface area contributed by atoms with Crippen molar-refractivity contribution in [3.63, 3.8) is 0 Å². The van der Waals surface area contributed by atoms with E-state index in [1.165, 1.54) is 12.0 Å². The van der Waals surface area contributed by atoms with Crippen LogP contribution in [0, 0.1) is 6.92 Å². The number of hydrogen-bond acceptors (Lipinski definition) is 6. The lowest BCUT2D eigenvalue weighted by Crippen LogP contribution is -2.32. The number of rotatable bonds is 7. The van der Waals surface area contributed by atoms with Gasteiger partial charge in [-0.15, -0.1) is 0 Å². The predicted octanol–water partition coefficient (Wildman–Crippen LogP) is 3.08. The smallest absolute Gasteiger partial charge is 0.295 e. The summed E-state index contributed by atoms with van der Waals surface area (Å²) in [5.74, 6) is -0.403. The van der Waals surface area contributed by atoms with Crippen LogP contribution in [0.1, 0.15) is 22.7 Å². The molecule has 1 amide bonds. The summed E-state index contributed by atoms with van der Waals surface area (Å²) in [6.07, 6.45) is 0. The van der Waals surface area contributed by atoms with Crippen LogP contribution in [0.15, 0.2) is 48.0 Å². The van der Waals surface area contributed by atoms with Crippen molar-refractivity contribution >= 4 is 17.4 Å². The van der Waals surface area contributed by atoms with Crippen LogP contribution in [0.4, 0.5) is 0 Å². The first-order chi connectivity index (χ1) is 14.4. The fraction of sp³-hybridized carbons (Fsp3) is 0.304. The zero-order chi connectivity index (χ0) is 21.8. The fourth-order valence-corrected chi connectivity index (χ4v) is 3.63. The summed E-state index contributed by atoms with van der Waals surface area (Å²) in [6, 6.07) is 11.5. The number of ketones is 1. The Balaban J connectivity index is 2.19. The van der Waals surface area contributed by atoms with Crippen molar-refractivity contribution in [1.82, 2.24) is 4.90 Å². The van der Waals surface area contributed by atoms with E-state index >= 15 is 0 Å². The van der Waals surface area contributed by atoms with E-state index in [4.69, 9.17) is 14.2 Å². The summed E-state index contributed by atoms with van der Waals surface area (Å²) in [5.41, 5.74) is 1.89. The average Bonchev–Trinajstić information content (AvgIpc) is 3.01. The number of aryl methyl sites for hydroxylation is 1. The van der Waals surface area contributed by atoms with Gasteiger partial charge in [-0.2, -0.15) is 0 Å². The number of likely N-dealkylation sites (tertiary alicyclic amines) is 1. The van der Waals surface area contributed by atoms with Crippen molar-refractivity contribution in [3.8, 4) is 11.5 Å². The molecule has 0 radical (unpaired) electrons. The van der Waals surface area contributed by atoms with E-state index < -0.39 is 17.7 Å². The Morgan fingerprint density at radius 1 is 1.03 bits per heavy atom. The second kappa shape index (κ2) is 9.00. The topological polar surface area (TPSA) is 85.3 Å². The Morgan fingerprint density at radius 3 is 2.37 bits per heavy atom. The average molecular weight is 411 g/mol. The van der Waals surface area contributed by atoms with Crippen LogP contribution < -0.4 is 9.47 Å².